The van der Waals surface area contributed by atoms with E-state index < -0.39 is 17.6 Å². The molecule has 2 rings (SSSR count). The third-order valence-corrected chi connectivity index (χ3v) is 3.43. The Morgan fingerprint density at radius 1 is 1.10 bits per heavy atom. The van der Waals surface area contributed by atoms with Crippen LogP contribution in [0.1, 0.15) is 11.1 Å². The van der Waals surface area contributed by atoms with Crippen molar-refractivity contribution < 1.29 is 17.6 Å². The molecule has 2 aromatic rings. The maximum atomic E-state index is 13.6. The molecular formula is C14H9BrClF4N. The summed E-state index contributed by atoms with van der Waals surface area (Å²) in [5.41, 5.74) is -0.348. The Balaban J connectivity index is 2.20. The SMILES string of the molecule is Fc1ccc(Br)cc1CNc1cc(Cl)cc(C(F)(F)F)c1. The van der Waals surface area contributed by atoms with Crippen LogP contribution in [0.5, 0.6) is 0 Å². The Labute approximate surface area is 132 Å². The number of hydrogen-bond acceptors (Lipinski definition) is 1. The van der Waals surface area contributed by atoms with Crippen LogP contribution in [0.2, 0.25) is 5.02 Å². The molecule has 0 aliphatic heterocycles. The zero-order valence-corrected chi connectivity index (χ0v) is 12.8. The molecule has 21 heavy (non-hydrogen) atoms. The minimum Gasteiger partial charge on any atom is -0.381 e. The highest BCUT2D eigenvalue weighted by atomic mass is 79.9. The van der Waals surface area contributed by atoms with E-state index in [0.29, 0.717) is 10.0 Å². The fourth-order valence-electron chi connectivity index (χ4n) is 1.73. The van der Waals surface area contributed by atoms with Crippen LogP contribution in [0.3, 0.4) is 0 Å². The van der Waals surface area contributed by atoms with E-state index in [-0.39, 0.29) is 17.3 Å². The first-order chi connectivity index (χ1) is 9.75. The Morgan fingerprint density at radius 2 is 1.81 bits per heavy atom. The Morgan fingerprint density at radius 3 is 2.48 bits per heavy atom. The van der Waals surface area contributed by atoms with E-state index in [1.807, 2.05) is 0 Å². The summed E-state index contributed by atoms with van der Waals surface area (Å²) in [6.45, 7) is 0.0446. The predicted octanol–water partition coefficient (Wildman–Crippen LogP) is 5.87. The molecule has 0 saturated carbocycles. The molecule has 0 radical (unpaired) electrons. The number of alkyl halides is 3. The topological polar surface area (TPSA) is 12.0 Å². The van der Waals surface area contributed by atoms with Gasteiger partial charge < -0.3 is 5.32 Å². The van der Waals surface area contributed by atoms with Gasteiger partial charge in [0.15, 0.2) is 0 Å². The maximum Gasteiger partial charge on any atom is 0.416 e. The van der Waals surface area contributed by atoms with Crippen LogP contribution < -0.4 is 5.32 Å². The van der Waals surface area contributed by atoms with Gasteiger partial charge >= 0.3 is 6.18 Å². The van der Waals surface area contributed by atoms with Gasteiger partial charge in [0.25, 0.3) is 0 Å². The highest BCUT2D eigenvalue weighted by Gasteiger charge is 2.31. The molecule has 0 aliphatic rings. The number of nitrogens with one attached hydrogen (secondary N) is 1. The number of anilines is 1. The Bertz CT molecular complexity index is 658. The van der Waals surface area contributed by atoms with E-state index >= 15 is 0 Å². The molecule has 0 saturated heterocycles. The molecule has 112 valence electrons. The average molecular weight is 383 g/mol. The molecule has 0 amide bonds. The second-order valence-electron chi connectivity index (χ2n) is 4.32. The maximum absolute atomic E-state index is 13.6. The number of rotatable bonds is 3. The molecule has 0 atom stereocenters. The van der Waals surface area contributed by atoms with Gasteiger partial charge in [-0.25, -0.2) is 4.39 Å². The minimum atomic E-state index is -4.48. The molecular weight excluding hydrogens is 374 g/mol. The van der Waals surface area contributed by atoms with Crippen LogP contribution in [0.25, 0.3) is 0 Å². The summed E-state index contributed by atoms with van der Waals surface area (Å²) in [4.78, 5) is 0. The van der Waals surface area contributed by atoms with Crippen LogP contribution in [-0.4, -0.2) is 0 Å². The van der Waals surface area contributed by atoms with E-state index in [2.05, 4.69) is 21.2 Å². The lowest BCUT2D eigenvalue weighted by atomic mass is 10.1. The standard InChI is InChI=1S/C14H9BrClF4N/c15-10-1-2-13(17)8(3-10)7-21-12-5-9(14(18,19)20)4-11(16)6-12/h1-6,21H,7H2. The van der Waals surface area contributed by atoms with Crippen molar-refractivity contribution in [2.75, 3.05) is 5.32 Å². The lowest BCUT2D eigenvalue weighted by Crippen LogP contribution is -2.07. The van der Waals surface area contributed by atoms with Gasteiger partial charge in [0.05, 0.1) is 5.56 Å². The van der Waals surface area contributed by atoms with Gasteiger partial charge in [0.1, 0.15) is 5.82 Å². The van der Waals surface area contributed by atoms with E-state index in [4.69, 9.17) is 11.6 Å². The van der Waals surface area contributed by atoms with E-state index in [0.717, 1.165) is 12.1 Å². The second-order valence-corrected chi connectivity index (χ2v) is 5.67. The van der Waals surface area contributed by atoms with E-state index in [1.165, 1.54) is 12.1 Å². The van der Waals surface area contributed by atoms with Gasteiger partial charge in [-0.15, -0.1) is 0 Å². The summed E-state index contributed by atoms with van der Waals surface area (Å²) in [7, 11) is 0. The highest BCUT2D eigenvalue weighted by Crippen LogP contribution is 2.33. The van der Waals surface area contributed by atoms with Crippen LogP contribution >= 0.6 is 27.5 Å². The molecule has 7 heteroatoms. The summed E-state index contributed by atoms with van der Waals surface area (Å²) >= 11 is 8.88. The summed E-state index contributed by atoms with van der Waals surface area (Å²) in [5.74, 6) is -0.441. The van der Waals surface area contributed by atoms with Crippen LogP contribution in [0, 0.1) is 5.82 Å². The quantitative estimate of drug-likeness (QED) is 0.654. The zero-order valence-electron chi connectivity index (χ0n) is 10.4. The van der Waals surface area contributed by atoms with Crippen molar-refractivity contribution in [3.63, 3.8) is 0 Å². The predicted molar refractivity (Wildman–Crippen MR) is 77.9 cm³/mol. The van der Waals surface area contributed by atoms with Crippen LogP contribution in [0.15, 0.2) is 40.9 Å². The summed E-state index contributed by atoms with van der Waals surface area (Å²) in [5, 5.41) is 2.70. The number of halogens is 6. The van der Waals surface area contributed by atoms with Crippen molar-refractivity contribution >= 4 is 33.2 Å². The molecule has 0 unspecified atom stereocenters. The van der Waals surface area contributed by atoms with E-state index in [1.54, 1.807) is 12.1 Å². The molecule has 0 aromatic heterocycles. The molecule has 0 fully saturated rings. The monoisotopic (exact) mass is 381 g/mol. The van der Waals surface area contributed by atoms with Gasteiger partial charge in [-0.2, -0.15) is 13.2 Å². The average Bonchev–Trinajstić information content (AvgIpc) is 2.38. The zero-order chi connectivity index (χ0) is 15.6. The number of hydrogen-bond donors (Lipinski definition) is 1. The largest absolute Gasteiger partial charge is 0.416 e. The summed E-state index contributed by atoms with van der Waals surface area (Å²) in [6.07, 6.45) is -4.48. The molecule has 0 spiro atoms. The van der Waals surface area contributed by atoms with Crippen molar-refractivity contribution in [3.8, 4) is 0 Å². The van der Waals surface area contributed by atoms with Crippen LogP contribution in [0.4, 0.5) is 23.2 Å². The van der Waals surface area contributed by atoms with Crippen molar-refractivity contribution in [1.29, 1.82) is 0 Å². The van der Waals surface area contributed by atoms with Crippen LogP contribution in [-0.2, 0) is 12.7 Å². The Kier molecular flexibility index (Phi) is 4.78. The van der Waals surface area contributed by atoms with Crippen molar-refractivity contribution in [2.24, 2.45) is 0 Å². The van der Waals surface area contributed by atoms with Gasteiger partial charge in [-0.3, -0.25) is 0 Å². The van der Waals surface area contributed by atoms with Crippen molar-refractivity contribution in [2.45, 2.75) is 12.7 Å². The highest BCUT2D eigenvalue weighted by molar-refractivity contribution is 9.10. The first kappa shape index (κ1) is 16.1. The molecule has 2 aromatic carbocycles. The van der Waals surface area contributed by atoms with Gasteiger partial charge in [-0.05, 0) is 36.4 Å². The smallest absolute Gasteiger partial charge is 0.381 e. The normalized spacial score (nSPS) is 11.5. The minimum absolute atomic E-state index is 0.0398. The summed E-state index contributed by atoms with van der Waals surface area (Å²) < 4.78 is 52.3. The molecule has 1 nitrogen and oxygen atoms in total. The van der Waals surface area contributed by atoms with E-state index in [9.17, 15) is 17.6 Å². The third kappa shape index (κ3) is 4.35. The lowest BCUT2D eigenvalue weighted by molar-refractivity contribution is -0.137. The van der Waals surface area contributed by atoms with Crippen molar-refractivity contribution in [3.05, 3.63) is 62.8 Å². The third-order valence-electron chi connectivity index (χ3n) is 2.72. The first-order valence-corrected chi connectivity index (χ1v) is 6.98. The second kappa shape index (κ2) is 6.23. The van der Waals surface area contributed by atoms with Crippen molar-refractivity contribution in [1.82, 2.24) is 0 Å². The lowest BCUT2D eigenvalue weighted by Gasteiger charge is -2.12. The van der Waals surface area contributed by atoms with Gasteiger partial charge in [0, 0.05) is 27.3 Å². The molecule has 0 bridgehead atoms. The summed E-state index contributed by atoms with van der Waals surface area (Å²) in [6, 6.07) is 7.50. The Hall–Kier alpha value is -1.27. The molecule has 1 N–H and O–H groups in total. The molecule has 0 aliphatic carbocycles. The number of benzene rings is 2. The first-order valence-electron chi connectivity index (χ1n) is 5.81. The van der Waals surface area contributed by atoms with Gasteiger partial charge in [-0.1, -0.05) is 27.5 Å². The molecule has 0 heterocycles. The fraction of sp³-hybridized carbons (Fsp3) is 0.143. The van der Waals surface area contributed by atoms with Gasteiger partial charge in [0.2, 0.25) is 0 Å². The fourth-order valence-corrected chi connectivity index (χ4v) is 2.38.